The molecule has 1 fully saturated rings. The Morgan fingerprint density at radius 2 is 1.52 bits per heavy atom. The molecule has 0 aromatic rings. The number of allylic oxidation sites excluding steroid dienone is 1. The molecule has 0 aromatic heterocycles. The average molecular weight is 461 g/mol. The number of ether oxygens (including phenoxy) is 1. The van der Waals surface area contributed by atoms with Gasteiger partial charge in [0.15, 0.2) is 0 Å². The smallest absolute Gasteiger partial charge is 0.461 e. The van der Waals surface area contributed by atoms with E-state index in [1.165, 1.54) is 51.4 Å². The summed E-state index contributed by atoms with van der Waals surface area (Å²) in [5, 5.41) is 9.22. The van der Waals surface area contributed by atoms with Gasteiger partial charge in [0, 0.05) is 0 Å². The van der Waals surface area contributed by atoms with E-state index < -0.39 is 13.8 Å². The number of esters is 1. The summed E-state index contributed by atoms with van der Waals surface area (Å²) in [6, 6.07) is 0. The minimum Gasteiger partial charge on any atom is -0.461 e. The zero-order valence-corrected chi connectivity index (χ0v) is 20.2. The summed E-state index contributed by atoms with van der Waals surface area (Å²) < 4.78 is 33.9. The molecule has 0 unspecified atom stereocenters. The molecule has 2 rings (SSSR count). The first-order valence-electron chi connectivity index (χ1n) is 12.1. The molecule has 0 saturated carbocycles. The van der Waals surface area contributed by atoms with E-state index >= 15 is 0 Å². The number of aliphatic hydroxyl groups excluding tert-OH is 1. The summed E-state index contributed by atoms with van der Waals surface area (Å²) in [4.78, 5) is 11.7. The van der Waals surface area contributed by atoms with Crippen LogP contribution in [0.5, 0.6) is 0 Å². The van der Waals surface area contributed by atoms with Crippen molar-refractivity contribution in [3.05, 3.63) is 11.3 Å². The maximum atomic E-state index is 12.7. The van der Waals surface area contributed by atoms with Crippen LogP contribution in [0.2, 0.25) is 0 Å². The molecule has 0 aromatic carbocycles. The number of hydrogen-bond acceptors (Lipinski definition) is 7. The highest BCUT2D eigenvalue weighted by molar-refractivity contribution is 7.48. The van der Waals surface area contributed by atoms with Crippen molar-refractivity contribution in [2.75, 3.05) is 19.8 Å². The summed E-state index contributed by atoms with van der Waals surface area (Å²) in [5.74, 6) is -0.373. The van der Waals surface area contributed by atoms with Gasteiger partial charge in [-0.05, 0) is 26.7 Å². The highest BCUT2D eigenvalue weighted by atomic mass is 31.2. The van der Waals surface area contributed by atoms with Crippen LogP contribution in [0.25, 0.3) is 0 Å². The molecule has 180 valence electrons. The van der Waals surface area contributed by atoms with Crippen LogP contribution in [0.3, 0.4) is 0 Å². The number of phosphoric ester groups is 1. The van der Waals surface area contributed by atoms with Gasteiger partial charge in [0.2, 0.25) is 0 Å². The lowest BCUT2D eigenvalue weighted by molar-refractivity contribution is -0.135. The van der Waals surface area contributed by atoms with Gasteiger partial charge < -0.3 is 14.4 Å². The standard InChI is InChI=1S/C23H41O7P/c1-19(24)15-13-11-9-7-5-3-4-6-8-10-12-14-16-28-31(26)29-18-21-17-27-23(25)22(21)20(2)30-31/h19,21,24H,3-18H2,1-2H3/t19-,21+,31+/m0/s1. The van der Waals surface area contributed by atoms with Crippen molar-refractivity contribution in [2.24, 2.45) is 5.92 Å². The number of hydrogen-bond donors (Lipinski definition) is 1. The molecule has 0 bridgehead atoms. The number of phosphoric acid groups is 1. The van der Waals surface area contributed by atoms with Crippen LogP contribution < -0.4 is 0 Å². The molecule has 31 heavy (non-hydrogen) atoms. The summed E-state index contributed by atoms with van der Waals surface area (Å²) in [5.41, 5.74) is 0.414. The SMILES string of the molecule is CC1=C2C(=O)OC[C@@H]2CO[P@@](=O)(OCCCCCCCCCCCCCC[C@H](C)O)O1. The van der Waals surface area contributed by atoms with E-state index in [-0.39, 0.29) is 31.0 Å². The summed E-state index contributed by atoms with van der Waals surface area (Å²) in [6.07, 6.45) is 15.1. The van der Waals surface area contributed by atoms with E-state index in [0.717, 1.165) is 32.1 Å². The third kappa shape index (κ3) is 10.1. The maximum absolute atomic E-state index is 12.7. The van der Waals surface area contributed by atoms with Crippen molar-refractivity contribution in [1.82, 2.24) is 0 Å². The molecule has 7 nitrogen and oxygen atoms in total. The van der Waals surface area contributed by atoms with E-state index in [2.05, 4.69) is 0 Å². The predicted molar refractivity (Wildman–Crippen MR) is 119 cm³/mol. The molecule has 2 aliphatic rings. The quantitative estimate of drug-likeness (QED) is 0.170. The van der Waals surface area contributed by atoms with Gasteiger partial charge in [-0.25, -0.2) is 9.36 Å². The zero-order chi connectivity index (χ0) is 22.5. The Morgan fingerprint density at radius 3 is 2.10 bits per heavy atom. The maximum Gasteiger partial charge on any atom is 0.529 e. The molecule has 2 aliphatic heterocycles. The zero-order valence-electron chi connectivity index (χ0n) is 19.3. The first kappa shape index (κ1) is 26.4. The molecule has 1 N–H and O–H groups in total. The number of aliphatic hydroxyl groups is 1. The molecule has 3 atom stereocenters. The van der Waals surface area contributed by atoms with Crippen LogP contribution in [0.1, 0.15) is 97.3 Å². The van der Waals surface area contributed by atoms with E-state index in [1.807, 2.05) is 6.92 Å². The first-order chi connectivity index (χ1) is 14.9. The van der Waals surface area contributed by atoms with Crippen LogP contribution in [0.4, 0.5) is 0 Å². The van der Waals surface area contributed by atoms with Gasteiger partial charge in [-0.1, -0.05) is 70.6 Å². The Balaban J connectivity index is 1.43. The highest BCUT2D eigenvalue weighted by Crippen LogP contribution is 2.54. The number of carbonyl (C=O) groups excluding carboxylic acids is 1. The largest absolute Gasteiger partial charge is 0.529 e. The van der Waals surface area contributed by atoms with Crippen molar-refractivity contribution in [1.29, 1.82) is 0 Å². The number of cyclic esters (lactones) is 1. The molecule has 0 radical (unpaired) electrons. The second-order valence-corrected chi connectivity index (χ2v) is 10.4. The normalized spacial score (nSPS) is 24.5. The van der Waals surface area contributed by atoms with Crippen LogP contribution in [-0.4, -0.2) is 37.0 Å². The van der Waals surface area contributed by atoms with Crippen LogP contribution >= 0.6 is 7.82 Å². The second kappa shape index (κ2) is 14.3. The lowest BCUT2D eigenvalue weighted by atomic mass is 10.0. The molecular formula is C23H41O7P. The van der Waals surface area contributed by atoms with Crippen LogP contribution in [-0.2, 0) is 27.7 Å². The minimum absolute atomic E-state index is 0.109. The molecular weight excluding hydrogens is 419 g/mol. The number of unbranched alkanes of at least 4 members (excludes halogenated alkanes) is 11. The second-order valence-electron chi connectivity index (χ2n) is 8.81. The van der Waals surface area contributed by atoms with Crippen LogP contribution in [0, 0.1) is 5.92 Å². The predicted octanol–water partition coefficient (Wildman–Crippen LogP) is 6.06. The fraction of sp³-hybridized carbons (Fsp3) is 0.870. The monoisotopic (exact) mass is 460 g/mol. The fourth-order valence-electron chi connectivity index (χ4n) is 4.04. The van der Waals surface area contributed by atoms with Gasteiger partial charge in [0.05, 0.1) is 30.8 Å². The van der Waals surface area contributed by atoms with Gasteiger partial charge in [-0.3, -0.25) is 9.05 Å². The van der Waals surface area contributed by atoms with Gasteiger partial charge in [0.1, 0.15) is 12.4 Å². The van der Waals surface area contributed by atoms with Crippen molar-refractivity contribution in [3.8, 4) is 0 Å². The van der Waals surface area contributed by atoms with Crippen LogP contribution in [0.15, 0.2) is 11.3 Å². The third-order valence-corrected chi connectivity index (χ3v) is 7.33. The van der Waals surface area contributed by atoms with Gasteiger partial charge in [0.25, 0.3) is 0 Å². The third-order valence-electron chi connectivity index (χ3n) is 5.87. The first-order valence-corrected chi connectivity index (χ1v) is 13.5. The Bertz CT molecular complexity index is 617. The van der Waals surface area contributed by atoms with Crippen molar-refractivity contribution in [3.63, 3.8) is 0 Å². The number of fused-ring (bicyclic) bond motifs is 1. The van der Waals surface area contributed by atoms with Gasteiger partial charge in [-0.15, -0.1) is 0 Å². The minimum atomic E-state index is -3.66. The Morgan fingerprint density at radius 1 is 0.968 bits per heavy atom. The summed E-state index contributed by atoms with van der Waals surface area (Å²) in [6.45, 7) is 4.14. The molecule has 0 aliphatic carbocycles. The van der Waals surface area contributed by atoms with Crippen molar-refractivity contribution in [2.45, 2.75) is 103 Å². The van der Waals surface area contributed by atoms with Gasteiger partial charge in [-0.2, -0.15) is 0 Å². The molecule has 1 saturated heterocycles. The molecule has 0 amide bonds. The van der Waals surface area contributed by atoms with E-state index in [1.54, 1.807) is 6.92 Å². The topological polar surface area (TPSA) is 91.3 Å². The van der Waals surface area contributed by atoms with E-state index in [4.69, 9.17) is 18.3 Å². The van der Waals surface area contributed by atoms with Crippen molar-refractivity contribution < 1.29 is 32.8 Å². The highest BCUT2D eigenvalue weighted by Gasteiger charge is 2.42. The lowest BCUT2D eigenvalue weighted by Crippen LogP contribution is -2.10. The Hall–Kier alpha value is -0.880. The lowest BCUT2D eigenvalue weighted by Gasteiger charge is -2.17. The van der Waals surface area contributed by atoms with E-state index in [9.17, 15) is 14.5 Å². The van der Waals surface area contributed by atoms with Crippen molar-refractivity contribution >= 4 is 13.8 Å². The molecule has 8 heteroatoms. The Labute approximate surface area is 187 Å². The summed E-state index contributed by atoms with van der Waals surface area (Å²) in [7, 11) is -3.66. The number of rotatable bonds is 16. The molecule has 2 heterocycles. The summed E-state index contributed by atoms with van der Waals surface area (Å²) >= 11 is 0. The average Bonchev–Trinajstić information content (AvgIpc) is 3.03. The fourth-order valence-corrected chi connectivity index (χ4v) is 5.37. The Kier molecular flexibility index (Phi) is 12.2. The van der Waals surface area contributed by atoms with Gasteiger partial charge >= 0.3 is 13.8 Å². The molecule has 0 spiro atoms. The van der Waals surface area contributed by atoms with E-state index in [0.29, 0.717) is 12.2 Å². The number of carbonyl (C=O) groups is 1.